The van der Waals surface area contributed by atoms with Crippen LogP contribution in [0.15, 0.2) is 30.3 Å². The van der Waals surface area contributed by atoms with E-state index in [9.17, 15) is 14.4 Å². The number of hydrogen-bond donors (Lipinski definition) is 3. The molecule has 102 valence electrons. The van der Waals surface area contributed by atoms with E-state index in [1.807, 2.05) is 30.3 Å². The summed E-state index contributed by atoms with van der Waals surface area (Å²) in [6.07, 6.45) is 0.170. The number of thioether (sulfide) groups is 1. The average Bonchev–Trinajstić information content (AvgIpc) is 2.37. The van der Waals surface area contributed by atoms with Crippen molar-refractivity contribution < 1.29 is 19.5 Å². The lowest BCUT2D eigenvalue weighted by atomic mass is 10.1. The Kier molecular flexibility index (Phi) is 6.45. The molecule has 0 radical (unpaired) electrons. The summed E-state index contributed by atoms with van der Waals surface area (Å²) in [5.74, 6) is -1.91. The molecular formula is C12H14N2O4S. The number of benzene rings is 1. The maximum Gasteiger partial charge on any atom is 0.313 e. The lowest BCUT2D eigenvalue weighted by Crippen LogP contribution is -2.43. The van der Waals surface area contributed by atoms with Crippen LogP contribution in [-0.4, -0.2) is 34.4 Å². The highest BCUT2D eigenvalue weighted by Gasteiger charge is 2.06. The number of nitrogens with one attached hydrogen (secondary N) is 2. The van der Waals surface area contributed by atoms with Gasteiger partial charge < -0.3 is 5.11 Å². The highest BCUT2D eigenvalue weighted by atomic mass is 32.2. The van der Waals surface area contributed by atoms with E-state index in [0.29, 0.717) is 0 Å². The van der Waals surface area contributed by atoms with Crippen LogP contribution in [0.5, 0.6) is 0 Å². The smallest absolute Gasteiger partial charge is 0.313 e. The highest BCUT2D eigenvalue weighted by molar-refractivity contribution is 8.00. The Balaban J connectivity index is 2.19. The lowest BCUT2D eigenvalue weighted by molar-refractivity contribution is -0.134. The predicted molar refractivity (Wildman–Crippen MR) is 71.4 cm³/mol. The first-order valence-electron chi connectivity index (χ1n) is 5.49. The quantitative estimate of drug-likeness (QED) is 0.648. The van der Waals surface area contributed by atoms with Gasteiger partial charge in [0.2, 0.25) is 11.8 Å². The molecule has 0 saturated heterocycles. The first-order valence-corrected chi connectivity index (χ1v) is 6.64. The van der Waals surface area contributed by atoms with Gasteiger partial charge in [-0.1, -0.05) is 30.3 Å². The molecule has 1 aromatic rings. The van der Waals surface area contributed by atoms with Crippen molar-refractivity contribution in [1.29, 1.82) is 0 Å². The molecule has 0 saturated carbocycles. The zero-order valence-corrected chi connectivity index (χ0v) is 10.9. The summed E-state index contributed by atoms with van der Waals surface area (Å²) in [4.78, 5) is 32.9. The summed E-state index contributed by atoms with van der Waals surface area (Å²) < 4.78 is 0. The van der Waals surface area contributed by atoms with Crippen LogP contribution in [0.2, 0.25) is 0 Å². The fraction of sp³-hybridized carbons (Fsp3) is 0.250. The van der Waals surface area contributed by atoms with E-state index in [-0.39, 0.29) is 23.8 Å². The molecule has 0 heterocycles. The molecule has 2 amide bonds. The number of aliphatic carboxylic acids is 1. The van der Waals surface area contributed by atoms with Gasteiger partial charge >= 0.3 is 5.97 Å². The molecule has 1 rings (SSSR count). The number of carbonyl (C=O) groups excluding carboxylic acids is 2. The molecule has 0 spiro atoms. The summed E-state index contributed by atoms with van der Waals surface area (Å²) >= 11 is 0.962. The van der Waals surface area contributed by atoms with E-state index in [4.69, 9.17) is 5.11 Å². The van der Waals surface area contributed by atoms with Crippen molar-refractivity contribution in [2.45, 2.75) is 6.42 Å². The van der Waals surface area contributed by atoms with E-state index in [0.717, 1.165) is 17.3 Å². The SMILES string of the molecule is O=C(O)CSCC(=O)NNC(=O)Cc1ccccc1. The number of amides is 2. The second-order valence-corrected chi connectivity index (χ2v) is 4.63. The molecule has 6 nitrogen and oxygen atoms in total. The molecule has 0 aliphatic rings. The molecule has 7 heteroatoms. The van der Waals surface area contributed by atoms with Crippen LogP contribution < -0.4 is 10.9 Å². The number of carboxylic acids is 1. The molecule has 1 aromatic carbocycles. The van der Waals surface area contributed by atoms with E-state index in [1.165, 1.54) is 0 Å². The van der Waals surface area contributed by atoms with Crippen LogP contribution in [0.4, 0.5) is 0 Å². The summed E-state index contributed by atoms with van der Waals surface area (Å²) in [6, 6.07) is 9.12. The van der Waals surface area contributed by atoms with Crippen molar-refractivity contribution in [3.8, 4) is 0 Å². The fourth-order valence-corrected chi connectivity index (χ4v) is 1.77. The Hall–Kier alpha value is -2.02. The third kappa shape index (κ3) is 7.10. The van der Waals surface area contributed by atoms with Gasteiger partial charge in [0, 0.05) is 0 Å². The first-order chi connectivity index (χ1) is 9.08. The third-order valence-electron chi connectivity index (χ3n) is 2.01. The molecular weight excluding hydrogens is 268 g/mol. The standard InChI is InChI=1S/C12H14N2O4S/c15-10(6-9-4-2-1-3-5-9)13-14-11(16)7-19-8-12(17)18/h1-5H,6-8H2,(H,13,15)(H,14,16)(H,17,18). The van der Waals surface area contributed by atoms with Crippen molar-refractivity contribution in [2.75, 3.05) is 11.5 Å². The molecule has 0 aliphatic carbocycles. The topological polar surface area (TPSA) is 95.5 Å². The molecule has 0 atom stereocenters. The van der Waals surface area contributed by atoms with Crippen molar-refractivity contribution in [1.82, 2.24) is 10.9 Å². The number of carbonyl (C=O) groups is 3. The normalized spacial score (nSPS) is 9.68. The van der Waals surface area contributed by atoms with Gasteiger partial charge in [0.25, 0.3) is 0 Å². The summed E-state index contributed by atoms with van der Waals surface area (Å²) in [7, 11) is 0. The molecule has 0 aromatic heterocycles. The van der Waals surface area contributed by atoms with E-state index in [2.05, 4.69) is 10.9 Å². The van der Waals surface area contributed by atoms with Crippen LogP contribution in [0, 0.1) is 0 Å². The van der Waals surface area contributed by atoms with Gasteiger partial charge in [0.15, 0.2) is 0 Å². The van der Waals surface area contributed by atoms with Gasteiger partial charge in [-0.25, -0.2) is 0 Å². The molecule has 0 fully saturated rings. The van der Waals surface area contributed by atoms with Gasteiger partial charge in [-0.2, -0.15) is 0 Å². The number of carboxylic acid groups (broad SMARTS) is 1. The monoisotopic (exact) mass is 282 g/mol. The zero-order valence-electron chi connectivity index (χ0n) is 10.1. The molecule has 3 N–H and O–H groups in total. The Morgan fingerprint density at radius 2 is 1.63 bits per heavy atom. The van der Waals surface area contributed by atoms with Crippen LogP contribution in [0.3, 0.4) is 0 Å². The minimum Gasteiger partial charge on any atom is -0.481 e. The van der Waals surface area contributed by atoms with Gasteiger partial charge in [-0.05, 0) is 5.56 Å². The Labute approximate surface area is 114 Å². The third-order valence-corrected chi connectivity index (χ3v) is 2.92. The van der Waals surface area contributed by atoms with Crippen LogP contribution in [-0.2, 0) is 20.8 Å². The maximum absolute atomic E-state index is 11.5. The average molecular weight is 282 g/mol. The fourth-order valence-electron chi connectivity index (χ4n) is 1.23. The van der Waals surface area contributed by atoms with Gasteiger partial charge in [-0.3, -0.25) is 25.2 Å². The molecule has 0 aliphatic heterocycles. The largest absolute Gasteiger partial charge is 0.481 e. The molecule has 0 unspecified atom stereocenters. The van der Waals surface area contributed by atoms with Gasteiger partial charge in [-0.15, -0.1) is 11.8 Å². The van der Waals surface area contributed by atoms with Crippen molar-refractivity contribution in [2.24, 2.45) is 0 Å². The minimum absolute atomic E-state index is 0.0160. The van der Waals surface area contributed by atoms with Crippen LogP contribution >= 0.6 is 11.8 Å². The first kappa shape index (κ1) is 15.0. The maximum atomic E-state index is 11.5. The van der Waals surface area contributed by atoms with E-state index in [1.54, 1.807) is 0 Å². The number of hydrazine groups is 1. The Bertz CT molecular complexity index is 450. The predicted octanol–water partition coefficient (Wildman–Crippen LogP) is 0.194. The van der Waals surface area contributed by atoms with Crippen molar-refractivity contribution in [3.63, 3.8) is 0 Å². The second kappa shape index (κ2) is 8.15. The summed E-state index contributed by atoms with van der Waals surface area (Å²) in [5.41, 5.74) is 5.34. The number of rotatable bonds is 6. The summed E-state index contributed by atoms with van der Waals surface area (Å²) in [5, 5.41) is 8.39. The van der Waals surface area contributed by atoms with Gasteiger partial charge in [0.1, 0.15) is 0 Å². The Morgan fingerprint density at radius 3 is 2.26 bits per heavy atom. The van der Waals surface area contributed by atoms with Crippen LogP contribution in [0.1, 0.15) is 5.56 Å². The van der Waals surface area contributed by atoms with Crippen molar-refractivity contribution in [3.05, 3.63) is 35.9 Å². The zero-order chi connectivity index (χ0) is 14.1. The van der Waals surface area contributed by atoms with Crippen LogP contribution in [0.25, 0.3) is 0 Å². The summed E-state index contributed by atoms with van der Waals surface area (Å²) in [6.45, 7) is 0. The second-order valence-electron chi connectivity index (χ2n) is 3.65. The Morgan fingerprint density at radius 1 is 1.00 bits per heavy atom. The lowest BCUT2D eigenvalue weighted by Gasteiger charge is -2.06. The van der Waals surface area contributed by atoms with Crippen molar-refractivity contribution >= 4 is 29.5 Å². The molecule has 19 heavy (non-hydrogen) atoms. The minimum atomic E-state index is -0.981. The highest BCUT2D eigenvalue weighted by Crippen LogP contribution is 1.99. The number of hydrogen-bond acceptors (Lipinski definition) is 4. The van der Waals surface area contributed by atoms with E-state index >= 15 is 0 Å². The van der Waals surface area contributed by atoms with E-state index < -0.39 is 11.9 Å². The molecule has 0 bridgehead atoms. The van der Waals surface area contributed by atoms with Gasteiger partial charge in [0.05, 0.1) is 17.9 Å².